The first-order valence-corrected chi connectivity index (χ1v) is 8.92. The van der Waals surface area contributed by atoms with Gasteiger partial charge in [-0.05, 0) is 36.9 Å². The predicted octanol–water partition coefficient (Wildman–Crippen LogP) is 3.55. The highest BCUT2D eigenvalue weighted by atomic mass is 32.1. The van der Waals surface area contributed by atoms with Crippen LogP contribution in [0.3, 0.4) is 0 Å². The van der Waals surface area contributed by atoms with E-state index >= 15 is 0 Å². The third-order valence-electron chi connectivity index (χ3n) is 4.17. The number of nitrogens with one attached hydrogen (secondary N) is 1. The predicted molar refractivity (Wildman–Crippen MR) is 99.3 cm³/mol. The fourth-order valence-electron chi connectivity index (χ4n) is 2.75. The van der Waals surface area contributed by atoms with Crippen molar-refractivity contribution in [2.24, 2.45) is 0 Å². The number of nitrogens with zero attached hydrogens (tertiary/aromatic N) is 2. The molecule has 0 aliphatic rings. The number of hydrogen-bond donors (Lipinski definition) is 1. The van der Waals surface area contributed by atoms with Crippen LogP contribution in [0.4, 0.5) is 0 Å². The number of rotatable bonds is 6. The lowest BCUT2D eigenvalue weighted by atomic mass is 10.2. The molecule has 0 saturated carbocycles. The zero-order valence-electron chi connectivity index (χ0n) is 14.6. The molecule has 0 aliphatic carbocycles. The molecule has 3 aromatic rings. The van der Waals surface area contributed by atoms with E-state index in [1.807, 2.05) is 32.0 Å². The molecule has 0 radical (unpaired) electrons. The van der Waals surface area contributed by atoms with Crippen molar-refractivity contribution < 1.29 is 9.53 Å². The minimum Gasteiger partial charge on any atom is -0.481 e. The summed E-state index contributed by atoms with van der Waals surface area (Å²) in [6.07, 6.45) is 1.71. The van der Waals surface area contributed by atoms with E-state index in [0.29, 0.717) is 12.4 Å². The van der Waals surface area contributed by atoms with Gasteiger partial charge in [0.05, 0.1) is 19.2 Å². The van der Waals surface area contributed by atoms with Gasteiger partial charge in [0.25, 0.3) is 5.91 Å². The minimum absolute atomic E-state index is 0.0682. The van der Waals surface area contributed by atoms with Gasteiger partial charge in [-0.3, -0.25) is 4.79 Å². The Kier molecular flexibility index (Phi) is 5.19. The van der Waals surface area contributed by atoms with Crippen LogP contribution in [0.5, 0.6) is 5.88 Å². The number of methoxy groups -OCH3 is 1. The van der Waals surface area contributed by atoms with E-state index in [-0.39, 0.29) is 5.91 Å². The molecule has 0 atom stereocenters. The first kappa shape index (κ1) is 17.2. The molecule has 3 rings (SSSR count). The minimum atomic E-state index is -0.0682. The number of ether oxygens (including phenoxy) is 1. The third-order valence-corrected chi connectivity index (χ3v) is 5.03. The van der Waals surface area contributed by atoms with Crippen LogP contribution in [0.25, 0.3) is 0 Å². The van der Waals surface area contributed by atoms with Gasteiger partial charge in [0.2, 0.25) is 5.88 Å². The highest BCUT2D eigenvalue weighted by Crippen LogP contribution is 2.19. The Morgan fingerprint density at radius 2 is 2.16 bits per heavy atom. The molecule has 0 aromatic carbocycles. The Labute approximate surface area is 151 Å². The first-order chi connectivity index (χ1) is 12.1. The summed E-state index contributed by atoms with van der Waals surface area (Å²) >= 11 is 1.72. The normalized spacial score (nSPS) is 10.7. The number of aryl methyl sites for hydroxylation is 1. The van der Waals surface area contributed by atoms with Crippen LogP contribution in [-0.2, 0) is 13.1 Å². The van der Waals surface area contributed by atoms with Crippen molar-refractivity contribution in [2.75, 3.05) is 7.11 Å². The van der Waals surface area contributed by atoms with Crippen LogP contribution >= 0.6 is 11.3 Å². The number of pyridine rings is 1. The topological polar surface area (TPSA) is 56.1 Å². The SMILES string of the molecule is COc1ccc(CNC(=O)c2cc(C)n(Cc3cccs3)c2C)cn1. The maximum absolute atomic E-state index is 12.6. The quantitative estimate of drug-likeness (QED) is 0.736. The van der Waals surface area contributed by atoms with Crippen molar-refractivity contribution in [1.82, 2.24) is 14.9 Å². The van der Waals surface area contributed by atoms with E-state index in [4.69, 9.17) is 4.74 Å². The van der Waals surface area contributed by atoms with E-state index in [1.54, 1.807) is 30.7 Å². The lowest BCUT2D eigenvalue weighted by molar-refractivity contribution is 0.0950. The molecule has 3 aromatic heterocycles. The summed E-state index contributed by atoms with van der Waals surface area (Å²) in [7, 11) is 1.58. The summed E-state index contributed by atoms with van der Waals surface area (Å²) < 4.78 is 7.21. The van der Waals surface area contributed by atoms with Crippen LogP contribution in [0.1, 0.15) is 32.2 Å². The van der Waals surface area contributed by atoms with Crippen molar-refractivity contribution in [3.05, 3.63) is 69.3 Å². The van der Waals surface area contributed by atoms with Gasteiger partial charge in [0.15, 0.2) is 0 Å². The molecule has 0 aliphatic heterocycles. The second-order valence-electron chi connectivity index (χ2n) is 5.84. The van der Waals surface area contributed by atoms with Gasteiger partial charge in [0.1, 0.15) is 0 Å². The zero-order chi connectivity index (χ0) is 17.8. The van der Waals surface area contributed by atoms with Crippen LogP contribution < -0.4 is 10.1 Å². The number of amides is 1. The lowest BCUT2D eigenvalue weighted by Crippen LogP contribution is -2.23. The van der Waals surface area contributed by atoms with Crippen molar-refractivity contribution >= 4 is 17.2 Å². The molecule has 130 valence electrons. The lowest BCUT2D eigenvalue weighted by Gasteiger charge is -2.09. The highest BCUT2D eigenvalue weighted by molar-refractivity contribution is 7.09. The molecule has 25 heavy (non-hydrogen) atoms. The fraction of sp³-hybridized carbons (Fsp3) is 0.263. The summed E-state index contributed by atoms with van der Waals surface area (Å²) in [6, 6.07) is 9.79. The van der Waals surface area contributed by atoms with Crippen LogP contribution in [0.15, 0.2) is 41.9 Å². The summed E-state index contributed by atoms with van der Waals surface area (Å²) in [4.78, 5) is 18.0. The Morgan fingerprint density at radius 1 is 1.32 bits per heavy atom. The molecule has 0 unspecified atom stereocenters. The van der Waals surface area contributed by atoms with Gasteiger partial charge in [-0.1, -0.05) is 12.1 Å². The molecule has 1 N–H and O–H groups in total. The maximum atomic E-state index is 12.6. The van der Waals surface area contributed by atoms with Gasteiger partial charge >= 0.3 is 0 Å². The Bertz CT molecular complexity index is 852. The van der Waals surface area contributed by atoms with Gasteiger partial charge in [-0.15, -0.1) is 11.3 Å². The van der Waals surface area contributed by atoms with Crippen molar-refractivity contribution in [3.63, 3.8) is 0 Å². The van der Waals surface area contributed by atoms with Crippen LogP contribution in [0.2, 0.25) is 0 Å². The van der Waals surface area contributed by atoms with Crippen molar-refractivity contribution in [2.45, 2.75) is 26.9 Å². The molecular formula is C19H21N3O2S. The first-order valence-electron chi connectivity index (χ1n) is 8.04. The smallest absolute Gasteiger partial charge is 0.253 e. The van der Waals surface area contributed by atoms with E-state index in [0.717, 1.165) is 29.1 Å². The second-order valence-corrected chi connectivity index (χ2v) is 6.87. The summed E-state index contributed by atoms with van der Waals surface area (Å²) in [5.74, 6) is 0.494. The van der Waals surface area contributed by atoms with E-state index in [2.05, 4.69) is 26.3 Å². The number of hydrogen-bond acceptors (Lipinski definition) is 4. The molecule has 0 spiro atoms. The van der Waals surface area contributed by atoms with Crippen LogP contribution in [0, 0.1) is 13.8 Å². The van der Waals surface area contributed by atoms with Crippen molar-refractivity contribution in [1.29, 1.82) is 0 Å². The second kappa shape index (κ2) is 7.53. The standard InChI is InChI=1S/C19H21N3O2S/c1-13-9-17(14(2)22(13)12-16-5-4-8-25-16)19(23)21-11-15-6-7-18(24-3)20-10-15/h4-10H,11-12H2,1-3H3,(H,21,23). The number of carbonyl (C=O) groups is 1. The Hall–Kier alpha value is -2.60. The Morgan fingerprint density at radius 3 is 2.80 bits per heavy atom. The summed E-state index contributed by atoms with van der Waals surface area (Å²) in [5.41, 5.74) is 3.72. The third kappa shape index (κ3) is 3.91. The van der Waals surface area contributed by atoms with Gasteiger partial charge in [-0.25, -0.2) is 4.98 Å². The summed E-state index contributed by atoms with van der Waals surface area (Å²) in [6.45, 7) is 5.25. The monoisotopic (exact) mass is 355 g/mol. The number of aromatic nitrogens is 2. The molecule has 5 nitrogen and oxygen atoms in total. The fourth-order valence-corrected chi connectivity index (χ4v) is 3.44. The highest BCUT2D eigenvalue weighted by Gasteiger charge is 2.16. The van der Waals surface area contributed by atoms with Crippen molar-refractivity contribution in [3.8, 4) is 5.88 Å². The Balaban J connectivity index is 1.69. The molecule has 0 saturated heterocycles. The average molecular weight is 355 g/mol. The molecule has 0 bridgehead atoms. The summed E-state index contributed by atoms with van der Waals surface area (Å²) in [5, 5.41) is 5.03. The molecule has 1 amide bonds. The largest absolute Gasteiger partial charge is 0.481 e. The molecular weight excluding hydrogens is 334 g/mol. The van der Waals surface area contributed by atoms with E-state index in [1.165, 1.54) is 4.88 Å². The zero-order valence-corrected chi connectivity index (χ0v) is 15.4. The van der Waals surface area contributed by atoms with E-state index in [9.17, 15) is 4.79 Å². The molecule has 6 heteroatoms. The van der Waals surface area contributed by atoms with E-state index < -0.39 is 0 Å². The molecule has 3 heterocycles. The number of carbonyl (C=O) groups excluding carboxylic acids is 1. The maximum Gasteiger partial charge on any atom is 0.253 e. The van der Waals surface area contributed by atoms with Gasteiger partial charge in [0, 0.05) is 35.1 Å². The van der Waals surface area contributed by atoms with Crippen LogP contribution in [-0.4, -0.2) is 22.6 Å². The van der Waals surface area contributed by atoms with Gasteiger partial charge < -0.3 is 14.6 Å². The molecule has 0 fully saturated rings. The number of thiophene rings is 1. The average Bonchev–Trinajstić information content (AvgIpc) is 3.24. The van der Waals surface area contributed by atoms with Gasteiger partial charge in [-0.2, -0.15) is 0 Å².